The van der Waals surface area contributed by atoms with Crippen LogP contribution in [0.15, 0.2) is 12.2 Å². The van der Waals surface area contributed by atoms with Crippen LogP contribution < -0.4 is 0 Å². The minimum atomic E-state index is -4.38. The number of hydrogen-bond acceptors (Lipinski definition) is 7. The van der Waals surface area contributed by atoms with Crippen molar-refractivity contribution in [3.05, 3.63) is 12.2 Å². The fraction of sp³-hybridized carbons (Fsp3) is 0.941. The molecule has 0 saturated heterocycles. The molecule has 2 atom stereocenters. The van der Waals surface area contributed by atoms with E-state index < -0.39 is 26.5 Å². The van der Waals surface area contributed by atoms with Crippen LogP contribution in [0.5, 0.6) is 0 Å². The van der Waals surface area contributed by atoms with Gasteiger partial charge in [0, 0.05) is 12.8 Å². The first-order valence-corrected chi connectivity index (χ1v) is 35.9. The first-order chi connectivity index (χ1) is 38.0. The SMILES string of the molecule is CCCCCCCCCC/C=C\CCCCCCCCCCCCCCCCCCCCCCCCCCCC(=O)OC(COC(=O)CCCCCCCCCCCCCCCCCCC)COP(=O)(O)OCC[N+](C)(C)C. The van der Waals surface area contributed by atoms with Crippen LogP contribution >= 0.6 is 7.82 Å². The average molecular weight is 1130 g/mol. The van der Waals surface area contributed by atoms with Crippen LogP contribution in [0.1, 0.15) is 361 Å². The number of ether oxygens (including phenoxy) is 2. The molecule has 0 bridgehead atoms. The van der Waals surface area contributed by atoms with E-state index in [9.17, 15) is 19.0 Å². The van der Waals surface area contributed by atoms with Gasteiger partial charge in [-0.25, -0.2) is 4.57 Å². The van der Waals surface area contributed by atoms with E-state index in [1.54, 1.807) is 0 Å². The first kappa shape index (κ1) is 76.8. The molecule has 0 saturated carbocycles. The number of phosphoric acid groups is 1. The van der Waals surface area contributed by atoms with Gasteiger partial charge in [-0.2, -0.15) is 0 Å². The van der Waals surface area contributed by atoms with E-state index in [1.165, 1.54) is 295 Å². The zero-order valence-electron chi connectivity index (χ0n) is 52.9. The number of carbonyl (C=O) groups is 2. The minimum absolute atomic E-state index is 0.0368. The van der Waals surface area contributed by atoms with Gasteiger partial charge in [-0.1, -0.05) is 321 Å². The maximum atomic E-state index is 12.9. The lowest BCUT2D eigenvalue weighted by Crippen LogP contribution is -2.37. The number of quaternary nitrogens is 1. The molecule has 1 N–H and O–H groups in total. The molecule has 0 aliphatic rings. The van der Waals surface area contributed by atoms with E-state index in [0.29, 0.717) is 17.4 Å². The van der Waals surface area contributed by atoms with Crippen LogP contribution in [-0.4, -0.2) is 74.9 Å². The van der Waals surface area contributed by atoms with Crippen molar-refractivity contribution in [2.75, 3.05) is 47.5 Å². The second kappa shape index (κ2) is 60.3. The Labute approximate surface area is 486 Å². The second-order valence-electron chi connectivity index (χ2n) is 24.9. The highest BCUT2D eigenvalue weighted by Gasteiger charge is 2.27. The van der Waals surface area contributed by atoms with Crippen molar-refractivity contribution in [2.24, 2.45) is 0 Å². The number of rotatable bonds is 65. The number of phosphoric ester groups is 1. The normalized spacial score (nSPS) is 13.2. The van der Waals surface area contributed by atoms with E-state index in [4.69, 9.17) is 18.5 Å². The molecule has 0 amide bonds. The van der Waals surface area contributed by atoms with Crippen molar-refractivity contribution < 1.29 is 42.1 Å². The predicted molar refractivity (Wildman–Crippen MR) is 335 cm³/mol. The molecule has 0 fully saturated rings. The lowest BCUT2D eigenvalue weighted by Gasteiger charge is -2.24. The van der Waals surface area contributed by atoms with Crippen molar-refractivity contribution >= 4 is 19.8 Å². The van der Waals surface area contributed by atoms with E-state index in [2.05, 4.69) is 26.0 Å². The van der Waals surface area contributed by atoms with Crippen molar-refractivity contribution in [3.8, 4) is 0 Å². The largest absolute Gasteiger partial charge is 0.472 e. The van der Waals surface area contributed by atoms with Gasteiger partial charge in [0.15, 0.2) is 6.10 Å². The molecule has 2 unspecified atom stereocenters. The zero-order chi connectivity index (χ0) is 57.0. The summed E-state index contributed by atoms with van der Waals surface area (Å²) >= 11 is 0. The monoisotopic (exact) mass is 1120 g/mol. The third-order valence-electron chi connectivity index (χ3n) is 15.8. The predicted octanol–water partition coefficient (Wildman–Crippen LogP) is 21.9. The van der Waals surface area contributed by atoms with Crippen LogP contribution in [-0.2, 0) is 32.7 Å². The number of carbonyl (C=O) groups excluding carboxylic acids is 2. The third kappa shape index (κ3) is 63.9. The summed E-state index contributed by atoms with van der Waals surface area (Å²) in [4.78, 5) is 35.8. The number of allylic oxidation sites excluding steroid dienone is 2. The Morgan fingerprint density at radius 1 is 0.385 bits per heavy atom. The Hall–Kier alpha value is -1.25. The van der Waals surface area contributed by atoms with E-state index in [0.717, 1.165) is 38.5 Å². The molecular formula is C68H135NO8P+. The van der Waals surface area contributed by atoms with E-state index in [1.807, 2.05) is 21.1 Å². The van der Waals surface area contributed by atoms with Crippen molar-refractivity contribution in [2.45, 2.75) is 367 Å². The molecule has 0 aromatic rings. The number of unbranched alkanes of at least 4 members (excludes halogenated alkanes) is 49. The van der Waals surface area contributed by atoms with Crippen LogP contribution in [0.25, 0.3) is 0 Å². The number of hydrogen-bond donors (Lipinski definition) is 1. The molecule has 0 aromatic heterocycles. The van der Waals surface area contributed by atoms with Crippen molar-refractivity contribution in [3.63, 3.8) is 0 Å². The first-order valence-electron chi connectivity index (χ1n) is 34.4. The standard InChI is InChI=1S/C68H134NO8P/c1-6-8-10-12-14-16-18-20-22-24-25-26-27-28-29-30-31-32-33-34-35-36-37-38-39-40-41-42-43-45-47-49-51-53-55-57-59-61-68(71)77-66(65-76-78(72,73)75-63-62-69(3,4)5)64-74-67(70)60-58-56-54-52-50-48-46-44-23-21-19-17-15-13-11-9-7-2/h24-25,66H,6-23,26-65H2,1-5H3/p+1/b25-24-. The highest BCUT2D eigenvalue weighted by atomic mass is 31.2. The molecule has 0 aliphatic carbocycles. The molecular weight excluding hydrogens is 990 g/mol. The topological polar surface area (TPSA) is 108 Å². The summed E-state index contributed by atoms with van der Waals surface area (Å²) in [5.74, 6) is -0.772. The Morgan fingerprint density at radius 2 is 0.654 bits per heavy atom. The molecule has 78 heavy (non-hydrogen) atoms. The number of nitrogens with zero attached hydrogens (tertiary/aromatic N) is 1. The average Bonchev–Trinajstić information content (AvgIpc) is 3.41. The lowest BCUT2D eigenvalue weighted by atomic mass is 10.0. The van der Waals surface area contributed by atoms with Gasteiger partial charge in [0.2, 0.25) is 0 Å². The summed E-state index contributed by atoms with van der Waals surface area (Å²) in [6.07, 6.45) is 73.3. The zero-order valence-corrected chi connectivity index (χ0v) is 53.8. The van der Waals surface area contributed by atoms with Crippen molar-refractivity contribution in [1.29, 1.82) is 0 Å². The summed E-state index contributed by atoms with van der Waals surface area (Å²) in [5, 5.41) is 0. The van der Waals surface area contributed by atoms with E-state index >= 15 is 0 Å². The highest BCUT2D eigenvalue weighted by molar-refractivity contribution is 7.47. The molecule has 9 nitrogen and oxygen atoms in total. The van der Waals surface area contributed by atoms with Crippen LogP contribution in [0.3, 0.4) is 0 Å². The molecule has 0 radical (unpaired) electrons. The van der Waals surface area contributed by atoms with Gasteiger partial charge >= 0.3 is 19.8 Å². The summed E-state index contributed by atoms with van der Waals surface area (Å²) in [7, 11) is 1.50. The van der Waals surface area contributed by atoms with Gasteiger partial charge in [-0.3, -0.25) is 18.6 Å². The molecule has 0 aliphatic heterocycles. The maximum absolute atomic E-state index is 12.9. The van der Waals surface area contributed by atoms with Crippen LogP contribution in [0.4, 0.5) is 0 Å². The van der Waals surface area contributed by atoms with Crippen LogP contribution in [0.2, 0.25) is 0 Å². The molecule has 0 spiro atoms. The highest BCUT2D eigenvalue weighted by Crippen LogP contribution is 2.43. The molecule has 10 heteroatoms. The summed E-state index contributed by atoms with van der Waals surface area (Å²) in [5.41, 5.74) is 0. The van der Waals surface area contributed by atoms with Gasteiger partial charge in [0.25, 0.3) is 0 Å². The van der Waals surface area contributed by atoms with Crippen LogP contribution in [0, 0.1) is 0 Å². The Balaban J connectivity index is 3.89. The van der Waals surface area contributed by atoms with Gasteiger partial charge in [-0.05, 0) is 38.5 Å². The minimum Gasteiger partial charge on any atom is -0.462 e. The Morgan fingerprint density at radius 3 is 0.949 bits per heavy atom. The smallest absolute Gasteiger partial charge is 0.462 e. The van der Waals surface area contributed by atoms with Gasteiger partial charge in [0.05, 0.1) is 27.7 Å². The van der Waals surface area contributed by atoms with Gasteiger partial charge < -0.3 is 18.9 Å². The number of likely N-dealkylation sites (N-methyl/N-ethyl adjacent to an activating group) is 1. The maximum Gasteiger partial charge on any atom is 0.472 e. The quantitative estimate of drug-likeness (QED) is 0.0211. The van der Waals surface area contributed by atoms with Crippen molar-refractivity contribution in [1.82, 2.24) is 0 Å². The summed E-state index contributed by atoms with van der Waals surface area (Å²) in [6.45, 7) is 4.51. The lowest BCUT2D eigenvalue weighted by molar-refractivity contribution is -0.870. The summed E-state index contributed by atoms with van der Waals surface area (Å²) < 4.78 is 34.7. The fourth-order valence-electron chi connectivity index (χ4n) is 10.5. The number of esters is 2. The van der Waals surface area contributed by atoms with Gasteiger partial charge in [-0.15, -0.1) is 0 Å². The summed E-state index contributed by atoms with van der Waals surface area (Å²) in [6, 6.07) is 0. The molecule has 0 heterocycles. The molecule has 464 valence electrons. The van der Waals surface area contributed by atoms with E-state index in [-0.39, 0.29) is 25.6 Å². The second-order valence-corrected chi connectivity index (χ2v) is 26.4. The molecule has 0 aromatic carbocycles. The Bertz CT molecular complexity index is 1320. The molecule has 0 rings (SSSR count). The van der Waals surface area contributed by atoms with Gasteiger partial charge in [0.1, 0.15) is 19.8 Å². The Kier molecular flexibility index (Phi) is 59.4. The third-order valence-corrected chi connectivity index (χ3v) is 16.8. The fourth-order valence-corrected chi connectivity index (χ4v) is 11.2.